The van der Waals surface area contributed by atoms with Gasteiger partial charge in [-0.1, -0.05) is 0 Å². The molecule has 1 aromatic rings. The van der Waals surface area contributed by atoms with Crippen molar-refractivity contribution in [1.29, 1.82) is 0 Å². The van der Waals surface area contributed by atoms with E-state index >= 15 is 0 Å². The van der Waals surface area contributed by atoms with Crippen LogP contribution >= 0.6 is 0 Å². The molecule has 6 heteroatoms. The standard InChI is InChI=1S/C10H12N4O2/c11-9(15)7-1-8(13-6-12-7)14-2-10(3-14)4-16-5-10/h1,6H,2-5H2,(H2,11,15). The number of anilines is 1. The van der Waals surface area contributed by atoms with E-state index in [1.54, 1.807) is 6.07 Å². The maximum Gasteiger partial charge on any atom is 0.267 e. The fraction of sp³-hybridized carbons (Fsp3) is 0.500. The first-order valence-corrected chi connectivity index (χ1v) is 5.13. The SMILES string of the molecule is NC(=O)c1cc(N2CC3(COC3)C2)ncn1. The fourth-order valence-electron chi connectivity index (χ4n) is 2.15. The molecule has 2 fully saturated rings. The van der Waals surface area contributed by atoms with Crippen molar-refractivity contribution in [3.05, 3.63) is 18.1 Å². The highest BCUT2D eigenvalue weighted by Crippen LogP contribution is 2.39. The van der Waals surface area contributed by atoms with Gasteiger partial charge in [-0.2, -0.15) is 0 Å². The fourth-order valence-corrected chi connectivity index (χ4v) is 2.15. The van der Waals surface area contributed by atoms with Gasteiger partial charge < -0.3 is 15.4 Å². The third-order valence-corrected chi connectivity index (χ3v) is 3.10. The van der Waals surface area contributed by atoms with Crippen LogP contribution in [0.4, 0.5) is 5.82 Å². The van der Waals surface area contributed by atoms with Crippen LogP contribution < -0.4 is 10.6 Å². The van der Waals surface area contributed by atoms with Gasteiger partial charge in [0.1, 0.15) is 17.8 Å². The number of aromatic nitrogens is 2. The lowest BCUT2D eigenvalue weighted by atomic mass is 9.78. The molecule has 1 spiro atoms. The van der Waals surface area contributed by atoms with Crippen molar-refractivity contribution in [2.45, 2.75) is 0 Å². The molecule has 84 valence electrons. The van der Waals surface area contributed by atoms with Crippen molar-refractivity contribution in [3.63, 3.8) is 0 Å². The van der Waals surface area contributed by atoms with Crippen molar-refractivity contribution in [3.8, 4) is 0 Å². The number of hydrogen-bond donors (Lipinski definition) is 1. The van der Waals surface area contributed by atoms with Gasteiger partial charge >= 0.3 is 0 Å². The van der Waals surface area contributed by atoms with Crippen LogP contribution in [0.3, 0.4) is 0 Å². The summed E-state index contributed by atoms with van der Waals surface area (Å²) in [5.41, 5.74) is 5.76. The van der Waals surface area contributed by atoms with Crippen LogP contribution in [0.1, 0.15) is 10.5 Å². The Morgan fingerprint density at radius 2 is 2.19 bits per heavy atom. The summed E-state index contributed by atoms with van der Waals surface area (Å²) in [6.07, 6.45) is 1.37. The van der Waals surface area contributed by atoms with Gasteiger partial charge in [-0.25, -0.2) is 9.97 Å². The molecule has 2 saturated heterocycles. The van der Waals surface area contributed by atoms with E-state index in [2.05, 4.69) is 14.9 Å². The van der Waals surface area contributed by atoms with E-state index in [-0.39, 0.29) is 5.69 Å². The molecule has 6 nitrogen and oxygen atoms in total. The van der Waals surface area contributed by atoms with Crippen molar-refractivity contribution in [1.82, 2.24) is 9.97 Å². The van der Waals surface area contributed by atoms with E-state index in [9.17, 15) is 4.79 Å². The molecule has 0 atom stereocenters. The first-order chi connectivity index (χ1) is 7.69. The summed E-state index contributed by atoms with van der Waals surface area (Å²) in [6, 6.07) is 1.63. The Kier molecular flexibility index (Phi) is 1.88. The second kappa shape index (κ2) is 3.15. The summed E-state index contributed by atoms with van der Waals surface area (Å²) in [6.45, 7) is 3.53. The van der Waals surface area contributed by atoms with Crippen molar-refractivity contribution in [2.75, 3.05) is 31.2 Å². The van der Waals surface area contributed by atoms with Crippen LogP contribution in [-0.4, -0.2) is 42.2 Å². The highest BCUT2D eigenvalue weighted by atomic mass is 16.5. The first-order valence-electron chi connectivity index (χ1n) is 5.13. The van der Waals surface area contributed by atoms with E-state index in [0.717, 1.165) is 32.1 Å². The molecule has 1 amide bonds. The lowest BCUT2D eigenvalue weighted by Crippen LogP contribution is -2.66. The van der Waals surface area contributed by atoms with Gasteiger partial charge in [0.15, 0.2) is 0 Å². The van der Waals surface area contributed by atoms with Crippen molar-refractivity contribution in [2.24, 2.45) is 11.1 Å². The van der Waals surface area contributed by atoms with Gasteiger partial charge in [-0.05, 0) is 0 Å². The van der Waals surface area contributed by atoms with Crippen LogP contribution in [0.2, 0.25) is 0 Å². The van der Waals surface area contributed by atoms with Gasteiger partial charge in [0.2, 0.25) is 0 Å². The number of ether oxygens (including phenoxy) is 1. The van der Waals surface area contributed by atoms with Crippen LogP contribution in [0.25, 0.3) is 0 Å². The number of hydrogen-bond acceptors (Lipinski definition) is 5. The highest BCUT2D eigenvalue weighted by molar-refractivity contribution is 5.91. The largest absolute Gasteiger partial charge is 0.380 e. The number of primary amides is 1. The van der Waals surface area contributed by atoms with E-state index in [0.29, 0.717) is 5.41 Å². The number of nitrogens with two attached hydrogens (primary N) is 1. The maximum atomic E-state index is 11.0. The number of amides is 1. The average molecular weight is 220 g/mol. The smallest absolute Gasteiger partial charge is 0.267 e. The second-order valence-corrected chi connectivity index (χ2v) is 4.47. The molecular weight excluding hydrogens is 208 g/mol. The Labute approximate surface area is 92.4 Å². The Morgan fingerprint density at radius 1 is 1.44 bits per heavy atom. The third-order valence-electron chi connectivity index (χ3n) is 3.10. The quantitative estimate of drug-likeness (QED) is 0.720. The Bertz CT molecular complexity index is 436. The minimum Gasteiger partial charge on any atom is -0.380 e. The molecule has 2 aliphatic rings. The van der Waals surface area contributed by atoms with Gasteiger partial charge in [0, 0.05) is 19.2 Å². The number of nitrogens with zero attached hydrogens (tertiary/aromatic N) is 3. The zero-order chi connectivity index (χ0) is 11.2. The van der Waals surface area contributed by atoms with E-state index in [1.807, 2.05) is 0 Å². The summed E-state index contributed by atoms with van der Waals surface area (Å²) in [4.78, 5) is 21.0. The van der Waals surface area contributed by atoms with Gasteiger partial charge in [-0.3, -0.25) is 4.79 Å². The van der Waals surface area contributed by atoms with Crippen LogP contribution in [0, 0.1) is 5.41 Å². The minimum atomic E-state index is -0.522. The van der Waals surface area contributed by atoms with Crippen LogP contribution in [-0.2, 0) is 4.74 Å². The molecule has 1 aromatic heterocycles. The van der Waals surface area contributed by atoms with Crippen molar-refractivity contribution < 1.29 is 9.53 Å². The van der Waals surface area contributed by atoms with Gasteiger partial charge in [-0.15, -0.1) is 0 Å². The number of rotatable bonds is 2. The Morgan fingerprint density at radius 3 is 2.75 bits per heavy atom. The molecule has 0 bridgehead atoms. The van der Waals surface area contributed by atoms with E-state index in [4.69, 9.17) is 10.5 Å². The molecule has 0 saturated carbocycles. The highest BCUT2D eigenvalue weighted by Gasteiger charge is 2.49. The van der Waals surface area contributed by atoms with E-state index < -0.39 is 5.91 Å². The van der Waals surface area contributed by atoms with Crippen LogP contribution in [0.15, 0.2) is 12.4 Å². The molecule has 0 aliphatic carbocycles. The molecule has 2 aliphatic heterocycles. The zero-order valence-corrected chi connectivity index (χ0v) is 8.72. The summed E-state index contributed by atoms with van der Waals surface area (Å²) in [5, 5.41) is 0. The van der Waals surface area contributed by atoms with Gasteiger partial charge in [0.05, 0.1) is 18.6 Å². The minimum absolute atomic E-state index is 0.260. The van der Waals surface area contributed by atoms with E-state index in [1.165, 1.54) is 6.33 Å². The topological polar surface area (TPSA) is 81.3 Å². The lowest BCUT2D eigenvalue weighted by molar-refractivity contribution is -0.127. The summed E-state index contributed by atoms with van der Waals surface area (Å²) in [7, 11) is 0. The summed E-state index contributed by atoms with van der Waals surface area (Å²) >= 11 is 0. The molecule has 0 aromatic carbocycles. The molecule has 3 rings (SSSR count). The molecule has 3 heterocycles. The predicted molar refractivity (Wildman–Crippen MR) is 56.0 cm³/mol. The average Bonchev–Trinajstić information content (AvgIpc) is 2.14. The second-order valence-electron chi connectivity index (χ2n) is 4.47. The molecule has 0 radical (unpaired) electrons. The number of carbonyl (C=O) groups is 1. The molecule has 16 heavy (non-hydrogen) atoms. The normalized spacial score (nSPS) is 21.4. The third kappa shape index (κ3) is 1.34. The number of carbonyl (C=O) groups excluding carboxylic acids is 1. The molecular formula is C10H12N4O2. The molecule has 0 unspecified atom stereocenters. The monoisotopic (exact) mass is 220 g/mol. The summed E-state index contributed by atoms with van der Waals surface area (Å²) < 4.78 is 5.19. The van der Waals surface area contributed by atoms with Crippen LogP contribution in [0.5, 0.6) is 0 Å². The first kappa shape index (κ1) is 9.53. The zero-order valence-electron chi connectivity index (χ0n) is 8.72. The predicted octanol–water partition coefficient (Wildman–Crippen LogP) is -0.588. The maximum absolute atomic E-state index is 11.0. The lowest BCUT2D eigenvalue weighted by Gasteiger charge is -2.55. The molecule has 2 N–H and O–H groups in total. The Balaban J connectivity index is 1.75. The van der Waals surface area contributed by atoms with Gasteiger partial charge in [0.25, 0.3) is 5.91 Å². The summed E-state index contributed by atoms with van der Waals surface area (Å²) in [5.74, 6) is 0.243. The van der Waals surface area contributed by atoms with Crippen molar-refractivity contribution >= 4 is 11.7 Å². The Hall–Kier alpha value is -1.69.